The smallest absolute Gasteiger partial charge is 0.160 e. The molecule has 0 unspecified atom stereocenters. The first kappa shape index (κ1) is 34.8. The lowest BCUT2D eigenvalue weighted by molar-refractivity contribution is 1.18. The molecule has 10 aromatic rings. The zero-order valence-corrected chi connectivity index (χ0v) is 31.8. The molecule has 0 amide bonds. The van der Waals surface area contributed by atoms with Crippen molar-refractivity contribution in [3.8, 4) is 89.5 Å². The predicted molar refractivity (Wildman–Crippen MR) is 243 cm³/mol. The van der Waals surface area contributed by atoms with Crippen LogP contribution in [0.5, 0.6) is 0 Å². The molecule has 58 heavy (non-hydrogen) atoms. The van der Waals surface area contributed by atoms with E-state index in [1.165, 1.54) is 44.3 Å². The fourth-order valence-electron chi connectivity index (χ4n) is 8.20. The third kappa shape index (κ3) is 6.67. The monoisotopic (exact) mass is 738 g/mol. The molecule has 0 aliphatic heterocycles. The van der Waals surface area contributed by atoms with Gasteiger partial charge in [-0.05, 0) is 84.6 Å². The lowest BCUT2D eigenvalue weighted by Crippen LogP contribution is -1.99. The first-order chi connectivity index (χ1) is 28.8. The molecule has 9 aromatic carbocycles. The molecule has 0 spiro atoms. The van der Waals surface area contributed by atoms with Crippen molar-refractivity contribution < 1.29 is 0 Å². The molecule has 10 rings (SSSR count). The van der Waals surface area contributed by atoms with Gasteiger partial charge in [0.15, 0.2) is 5.82 Å². The maximum atomic E-state index is 5.27. The topological polar surface area (TPSA) is 25.8 Å². The summed E-state index contributed by atoms with van der Waals surface area (Å²) in [5, 5.41) is 2.34. The number of rotatable bonds is 8. The Morgan fingerprint density at radius 3 is 1.29 bits per heavy atom. The van der Waals surface area contributed by atoms with E-state index in [4.69, 9.17) is 9.97 Å². The highest BCUT2D eigenvalue weighted by molar-refractivity contribution is 6.07. The molecule has 1 heterocycles. The number of hydrogen-bond acceptors (Lipinski definition) is 2. The van der Waals surface area contributed by atoms with Gasteiger partial charge in [0, 0.05) is 16.7 Å². The number of aromatic nitrogens is 2. The Bertz CT molecular complexity index is 3010. The molecule has 2 heteroatoms. The molecule has 272 valence electrons. The number of fused-ring (bicyclic) bond motifs is 1. The molecule has 0 fully saturated rings. The first-order valence-corrected chi connectivity index (χ1v) is 19.7. The molecular formula is C56H38N2. The zero-order chi connectivity index (χ0) is 38.7. The molecular weight excluding hydrogens is 701 g/mol. The van der Waals surface area contributed by atoms with Crippen LogP contribution in [0, 0.1) is 0 Å². The lowest BCUT2D eigenvalue weighted by Gasteiger charge is -2.24. The Morgan fingerprint density at radius 1 is 0.241 bits per heavy atom. The van der Waals surface area contributed by atoms with Crippen molar-refractivity contribution in [2.24, 2.45) is 0 Å². The van der Waals surface area contributed by atoms with Crippen LogP contribution in [0.1, 0.15) is 0 Å². The van der Waals surface area contributed by atoms with Gasteiger partial charge in [-0.3, -0.25) is 0 Å². The van der Waals surface area contributed by atoms with Crippen molar-refractivity contribution in [3.05, 3.63) is 231 Å². The van der Waals surface area contributed by atoms with Crippen LogP contribution >= 0.6 is 0 Å². The van der Waals surface area contributed by atoms with Gasteiger partial charge < -0.3 is 0 Å². The maximum absolute atomic E-state index is 5.27. The van der Waals surface area contributed by atoms with Gasteiger partial charge in [0.25, 0.3) is 0 Å². The number of benzene rings is 9. The Morgan fingerprint density at radius 2 is 0.672 bits per heavy atom. The summed E-state index contributed by atoms with van der Waals surface area (Å²) in [7, 11) is 0. The van der Waals surface area contributed by atoms with E-state index in [9.17, 15) is 0 Å². The van der Waals surface area contributed by atoms with Crippen LogP contribution in [0.25, 0.3) is 100 Å². The molecule has 0 bridgehead atoms. The second-order valence-electron chi connectivity index (χ2n) is 14.5. The van der Waals surface area contributed by atoms with E-state index < -0.39 is 0 Å². The fraction of sp³-hybridized carbons (Fsp3) is 0. The van der Waals surface area contributed by atoms with Crippen LogP contribution in [0.15, 0.2) is 231 Å². The van der Waals surface area contributed by atoms with Crippen molar-refractivity contribution in [1.29, 1.82) is 0 Å². The minimum absolute atomic E-state index is 0.696. The van der Waals surface area contributed by atoms with Crippen molar-refractivity contribution >= 4 is 10.8 Å². The summed E-state index contributed by atoms with van der Waals surface area (Å²) in [4.78, 5) is 10.5. The van der Waals surface area contributed by atoms with Crippen molar-refractivity contribution in [2.45, 2.75) is 0 Å². The van der Waals surface area contributed by atoms with E-state index >= 15 is 0 Å². The quantitative estimate of drug-likeness (QED) is 0.155. The second kappa shape index (κ2) is 15.5. The van der Waals surface area contributed by atoms with Crippen LogP contribution in [0.3, 0.4) is 0 Å². The summed E-state index contributed by atoms with van der Waals surface area (Å²) in [5.74, 6) is 0.696. The molecule has 0 aliphatic rings. The minimum atomic E-state index is 0.696. The summed E-state index contributed by atoms with van der Waals surface area (Å²) >= 11 is 0. The van der Waals surface area contributed by atoms with Crippen LogP contribution in [-0.2, 0) is 0 Å². The summed E-state index contributed by atoms with van der Waals surface area (Å²) in [6, 6.07) is 82.0. The average molecular weight is 739 g/mol. The van der Waals surface area contributed by atoms with Crippen molar-refractivity contribution in [2.75, 3.05) is 0 Å². The van der Waals surface area contributed by atoms with Gasteiger partial charge in [-0.15, -0.1) is 0 Å². The highest BCUT2D eigenvalue weighted by atomic mass is 14.9. The molecule has 0 radical (unpaired) electrons. The van der Waals surface area contributed by atoms with Gasteiger partial charge in [-0.2, -0.15) is 0 Å². The Balaban J connectivity index is 1.26. The van der Waals surface area contributed by atoms with Crippen LogP contribution in [0.2, 0.25) is 0 Å². The highest BCUT2D eigenvalue weighted by Crippen LogP contribution is 2.50. The van der Waals surface area contributed by atoms with Gasteiger partial charge in [0.1, 0.15) is 0 Å². The molecule has 1 aromatic heterocycles. The fourth-order valence-corrected chi connectivity index (χ4v) is 8.20. The van der Waals surface area contributed by atoms with Crippen LogP contribution < -0.4 is 0 Å². The SMILES string of the molecule is c1ccc(-c2nc(-c3cccc(-c4cc(-c5ccccc5)c(-c5ccccc5)c(-c5ccccc5)c4-c4ccccc4)c3)cc(-c3cccc4ccccc34)n2)cc1. The third-order valence-electron chi connectivity index (χ3n) is 10.9. The number of hydrogen-bond donors (Lipinski definition) is 0. The van der Waals surface area contributed by atoms with E-state index in [2.05, 4.69) is 212 Å². The van der Waals surface area contributed by atoms with Gasteiger partial charge >= 0.3 is 0 Å². The summed E-state index contributed by atoms with van der Waals surface area (Å²) in [6.07, 6.45) is 0. The summed E-state index contributed by atoms with van der Waals surface area (Å²) in [5.41, 5.74) is 16.5. The first-order valence-electron chi connectivity index (χ1n) is 19.7. The minimum Gasteiger partial charge on any atom is -0.228 e. The Hall–Kier alpha value is -7.68. The standard InChI is InChI=1S/C56H38N2/c1-6-20-40(21-7-1)49-37-50(54(42-25-10-3-11-26-42)55(43-27-12-4-13-28-43)53(49)41-23-8-2-9-24-41)45-32-18-33-46(36-45)51-38-52(58-56(57-51)44-29-14-5-15-30-44)48-35-19-31-39-22-16-17-34-47(39)48/h1-38H. The maximum Gasteiger partial charge on any atom is 0.160 e. The molecule has 0 N–H and O–H groups in total. The Labute approximate surface area is 339 Å². The second-order valence-corrected chi connectivity index (χ2v) is 14.5. The van der Waals surface area contributed by atoms with Gasteiger partial charge in [0.05, 0.1) is 11.4 Å². The molecule has 0 saturated heterocycles. The normalized spacial score (nSPS) is 11.1. The van der Waals surface area contributed by atoms with Crippen LogP contribution in [-0.4, -0.2) is 9.97 Å². The van der Waals surface area contributed by atoms with E-state index in [0.717, 1.165) is 50.2 Å². The highest BCUT2D eigenvalue weighted by Gasteiger charge is 2.24. The van der Waals surface area contributed by atoms with E-state index in [0.29, 0.717) is 5.82 Å². The van der Waals surface area contributed by atoms with Crippen molar-refractivity contribution in [1.82, 2.24) is 9.97 Å². The van der Waals surface area contributed by atoms with Gasteiger partial charge in [-0.1, -0.05) is 212 Å². The van der Waals surface area contributed by atoms with E-state index in [-0.39, 0.29) is 0 Å². The average Bonchev–Trinajstić information content (AvgIpc) is 3.32. The molecule has 0 aliphatic carbocycles. The van der Waals surface area contributed by atoms with E-state index in [1.807, 2.05) is 18.2 Å². The van der Waals surface area contributed by atoms with Crippen molar-refractivity contribution in [3.63, 3.8) is 0 Å². The number of nitrogens with zero attached hydrogens (tertiary/aromatic N) is 2. The van der Waals surface area contributed by atoms with Gasteiger partial charge in [0.2, 0.25) is 0 Å². The zero-order valence-electron chi connectivity index (χ0n) is 31.8. The molecule has 2 nitrogen and oxygen atoms in total. The largest absolute Gasteiger partial charge is 0.228 e. The summed E-state index contributed by atoms with van der Waals surface area (Å²) in [6.45, 7) is 0. The van der Waals surface area contributed by atoms with E-state index in [1.54, 1.807) is 0 Å². The molecule has 0 atom stereocenters. The lowest BCUT2D eigenvalue weighted by atomic mass is 9.78. The van der Waals surface area contributed by atoms with Crippen LogP contribution in [0.4, 0.5) is 0 Å². The molecule has 0 saturated carbocycles. The van der Waals surface area contributed by atoms with Gasteiger partial charge in [-0.25, -0.2) is 9.97 Å². The summed E-state index contributed by atoms with van der Waals surface area (Å²) < 4.78 is 0. The predicted octanol–water partition coefficient (Wildman–Crippen LogP) is 15.0. The Kier molecular flexibility index (Phi) is 9.27. The third-order valence-corrected chi connectivity index (χ3v) is 10.9.